The summed E-state index contributed by atoms with van der Waals surface area (Å²) in [5.74, 6) is 5.19. The first kappa shape index (κ1) is 19.7. The standard InChI is InChI=1S/C11H12N3O4.Ba.H2O/c1-2-4-11(9(16)7(15)6-18-11)14-5-3-8(12)13-10(14)17;;/h3,5-7,9,15-16H,1H3,(H2,12,13,17);;1H2/q-1;+2;/p-1/t7-,9-,11-;;/m1../s1. The van der Waals surface area contributed by atoms with Gasteiger partial charge in [0, 0.05) is 6.20 Å². The van der Waals surface area contributed by atoms with E-state index in [2.05, 4.69) is 16.8 Å². The van der Waals surface area contributed by atoms with Crippen molar-refractivity contribution in [3.8, 4) is 11.8 Å². The summed E-state index contributed by atoms with van der Waals surface area (Å²) < 4.78 is 6.19. The Morgan fingerprint density at radius 3 is 2.70 bits per heavy atom. The predicted octanol–water partition coefficient (Wildman–Crippen LogP) is -2.14. The van der Waals surface area contributed by atoms with Crippen molar-refractivity contribution in [3.05, 3.63) is 29.4 Å². The Morgan fingerprint density at radius 1 is 1.60 bits per heavy atom. The van der Waals surface area contributed by atoms with E-state index in [1.807, 2.05) is 0 Å². The van der Waals surface area contributed by atoms with Crippen LogP contribution in [-0.4, -0.2) is 86.3 Å². The van der Waals surface area contributed by atoms with Crippen molar-refractivity contribution < 1.29 is 20.4 Å². The predicted molar refractivity (Wildman–Crippen MR) is 69.4 cm³/mol. The second-order valence-electron chi connectivity index (χ2n) is 3.77. The van der Waals surface area contributed by atoms with Gasteiger partial charge >= 0.3 is 54.6 Å². The number of aromatic nitrogens is 2. The number of rotatable bonds is 1. The molecule has 1 saturated heterocycles. The Kier molecular flexibility index (Phi) is 7.47. The van der Waals surface area contributed by atoms with Crippen LogP contribution in [0.4, 0.5) is 5.82 Å². The summed E-state index contributed by atoms with van der Waals surface area (Å²) in [4.78, 5) is 15.3. The molecule has 0 aliphatic carbocycles. The van der Waals surface area contributed by atoms with Gasteiger partial charge in [0.1, 0.15) is 11.9 Å². The maximum Gasteiger partial charge on any atom is 2.00 e. The summed E-state index contributed by atoms with van der Waals surface area (Å²) >= 11 is 0. The Morgan fingerprint density at radius 2 is 2.25 bits per heavy atom. The van der Waals surface area contributed by atoms with Crippen LogP contribution in [0.1, 0.15) is 6.92 Å². The van der Waals surface area contributed by atoms with Crippen molar-refractivity contribution in [1.82, 2.24) is 9.55 Å². The number of hydrogen-bond acceptors (Lipinski definition) is 7. The Bertz CT molecular complexity index is 581. The normalized spacial score (nSPS) is 27.8. The number of nitrogen functional groups attached to an aromatic ring is 1. The Hall–Kier alpha value is -0.349. The minimum atomic E-state index is -1.67. The van der Waals surface area contributed by atoms with Crippen molar-refractivity contribution in [2.75, 3.05) is 5.73 Å². The van der Waals surface area contributed by atoms with Crippen molar-refractivity contribution in [1.29, 1.82) is 0 Å². The molecule has 2 rings (SSSR count). The molecule has 9 heteroatoms. The fourth-order valence-corrected chi connectivity index (χ4v) is 1.76. The smallest absolute Gasteiger partial charge is 0.870 e. The average molecular weight is 405 g/mol. The summed E-state index contributed by atoms with van der Waals surface area (Å²) in [6.07, 6.45) is -1.33. The van der Waals surface area contributed by atoms with Crippen LogP contribution in [0.15, 0.2) is 17.1 Å². The van der Waals surface area contributed by atoms with Crippen LogP contribution in [0.5, 0.6) is 0 Å². The fraction of sp³-hybridized carbons (Fsp3) is 0.364. The molecule has 1 aromatic heterocycles. The van der Waals surface area contributed by atoms with Gasteiger partial charge in [0.25, 0.3) is 0 Å². The van der Waals surface area contributed by atoms with Gasteiger partial charge in [-0.05, 0) is 25.0 Å². The topological polar surface area (TPSA) is 141 Å². The van der Waals surface area contributed by atoms with Crippen LogP contribution in [-0.2, 0) is 10.5 Å². The molecule has 3 atom stereocenters. The van der Waals surface area contributed by atoms with E-state index >= 15 is 0 Å². The third-order valence-corrected chi connectivity index (χ3v) is 2.60. The molecule has 0 saturated carbocycles. The van der Waals surface area contributed by atoms with E-state index < -0.39 is 23.6 Å². The van der Waals surface area contributed by atoms with Crippen LogP contribution >= 0.6 is 0 Å². The van der Waals surface area contributed by atoms with E-state index in [0.717, 1.165) is 11.2 Å². The number of aliphatic hydroxyl groups is 2. The van der Waals surface area contributed by atoms with Gasteiger partial charge in [-0.3, -0.25) is 4.57 Å². The van der Waals surface area contributed by atoms with E-state index in [9.17, 15) is 15.0 Å². The van der Waals surface area contributed by atoms with Crippen molar-refractivity contribution in [3.63, 3.8) is 0 Å². The quantitative estimate of drug-likeness (QED) is 0.275. The Labute approximate surface area is 155 Å². The third-order valence-electron chi connectivity index (χ3n) is 2.60. The van der Waals surface area contributed by atoms with E-state index in [0.29, 0.717) is 0 Å². The summed E-state index contributed by atoms with van der Waals surface area (Å²) in [6, 6.07) is 1.38. The first-order valence-electron chi connectivity index (χ1n) is 5.18. The maximum atomic E-state index is 11.8. The van der Waals surface area contributed by atoms with E-state index in [1.165, 1.54) is 19.2 Å². The van der Waals surface area contributed by atoms with Crippen LogP contribution in [0.25, 0.3) is 0 Å². The second kappa shape index (κ2) is 7.60. The van der Waals surface area contributed by atoms with Gasteiger partial charge < -0.3 is 26.2 Å². The molecule has 5 N–H and O–H groups in total. The van der Waals surface area contributed by atoms with E-state index in [4.69, 9.17) is 10.5 Å². The second-order valence-corrected chi connectivity index (χ2v) is 3.77. The first-order valence-corrected chi connectivity index (χ1v) is 5.18. The van der Waals surface area contributed by atoms with Crippen LogP contribution in [0, 0.1) is 18.4 Å². The maximum absolute atomic E-state index is 11.8. The molecule has 20 heavy (non-hydrogen) atoms. The summed E-state index contributed by atoms with van der Waals surface area (Å²) in [7, 11) is 0. The van der Waals surface area contributed by atoms with Gasteiger partial charge in [-0.1, -0.05) is 0 Å². The van der Waals surface area contributed by atoms with Crippen molar-refractivity contribution in [2.45, 2.75) is 24.9 Å². The molecular formula is C11H13BaN3O5. The minimum absolute atomic E-state index is 0. The summed E-state index contributed by atoms with van der Waals surface area (Å²) in [5.41, 5.74) is 2.99. The monoisotopic (exact) mass is 405 g/mol. The molecule has 1 fully saturated rings. The van der Waals surface area contributed by atoms with Crippen molar-refractivity contribution in [2.24, 2.45) is 0 Å². The van der Waals surface area contributed by atoms with Crippen LogP contribution in [0.2, 0.25) is 0 Å². The fourth-order valence-electron chi connectivity index (χ4n) is 1.76. The SMILES string of the molecule is CC#C[C@@]1(n2ccc(N)nc2=O)O[CH-][C@@H](O)[C@H]1O.[Ba+2].[OH-]. The molecule has 1 aliphatic rings. The van der Waals surface area contributed by atoms with E-state index in [-0.39, 0.29) is 60.2 Å². The van der Waals surface area contributed by atoms with Gasteiger partial charge in [-0.15, -0.1) is 5.92 Å². The Balaban J connectivity index is 0.00000180. The van der Waals surface area contributed by atoms with Crippen LogP contribution in [0.3, 0.4) is 0 Å². The van der Waals surface area contributed by atoms with Crippen molar-refractivity contribution >= 4 is 54.7 Å². The van der Waals surface area contributed by atoms with Gasteiger partial charge in [0.15, 0.2) is 0 Å². The largest absolute Gasteiger partial charge is 2.00 e. The molecule has 0 radical (unpaired) electrons. The molecule has 0 amide bonds. The molecule has 104 valence electrons. The number of aliphatic hydroxyl groups excluding tert-OH is 2. The number of anilines is 1. The van der Waals surface area contributed by atoms with Gasteiger partial charge in [0.2, 0.25) is 5.72 Å². The van der Waals surface area contributed by atoms with Crippen LogP contribution < -0.4 is 11.4 Å². The van der Waals surface area contributed by atoms with Gasteiger partial charge in [-0.25, -0.2) is 4.79 Å². The molecular weight excluding hydrogens is 391 g/mol. The zero-order valence-corrected chi connectivity index (χ0v) is 15.2. The third kappa shape index (κ3) is 3.28. The first-order chi connectivity index (χ1) is 8.51. The molecule has 2 heterocycles. The zero-order valence-electron chi connectivity index (χ0n) is 10.7. The molecule has 1 aromatic rings. The molecule has 8 nitrogen and oxygen atoms in total. The minimum Gasteiger partial charge on any atom is -0.870 e. The van der Waals surface area contributed by atoms with Gasteiger partial charge in [0.05, 0.1) is 0 Å². The molecule has 0 unspecified atom stereocenters. The van der Waals surface area contributed by atoms with E-state index in [1.54, 1.807) is 0 Å². The number of ether oxygens (including phenoxy) is 1. The molecule has 1 aliphatic heterocycles. The number of nitrogens with zero attached hydrogens (tertiary/aromatic N) is 2. The number of nitrogens with two attached hydrogens (primary N) is 1. The average Bonchev–Trinajstić information content (AvgIpc) is 2.59. The molecule has 0 aromatic carbocycles. The number of hydrogen-bond donors (Lipinski definition) is 3. The van der Waals surface area contributed by atoms with Gasteiger partial charge in [-0.2, -0.15) is 11.6 Å². The summed E-state index contributed by atoms with van der Waals surface area (Å²) in [5, 5.41) is 19.5. The zero-order chi connectivity index (χ0) is 13.3. The molecule has 0 bridgehead atoms. The molecule has 0 spiro atoms. The summed E-state index contributed by atoms with van der Waals surface area (Å²) in [6.45, 7) is 2.55.